The minimum atomic E-state index is -0.154. The van der Waals surface area contributed by atoms with Crippen molar-refractivity contribution in [3.8, 4) is 0 Å². The molecule has 0 aliphatic carbocycles. The molecule has 0 bridgehead atoms. The first-order chi connectivity index (χ1) is 11.0. The molecule has 2 aromatic rings. The Morgan fingerprint density at radius 3 is 2.87 bits per heavy atom. The molecule has 1 N–H and O–H groups in total. The molecule has 1 aliphatic heterocycles. The van der Waals surface area contributed by atoms with Crippen LogP contribution in [0.25, 0.3) is 0 Å². The molecule has 0 fully saturated rings. The maximum atomic E-state index is 12.3. The van der Waals surface area contributed by atoms with Crippen LogP contribution in [0, 0.1) is 13.8 Å². The average Bonchev–Trinajstić information content (AvgIpc) is 2.93. The predicted octanol–water partition coefficient (Wildman–Crippen LogP) is 1.70. The zero-order chi connectivity index (χ0) is 16.4. The molecule has 7 nitrogen and oxygen atoms in total. The number of hydrogen-bond donors (Lipinski definition) is 1. The summed E-state index contributed by atoms with van der Waals surface area (Å²) in [6, 6.07) is 1.81. The Labute approximate surface area is 136 Å². The fourth-order valence-electron chi connectivity index (χ4n) is 3.15. The lowest BCUT2D eigenvalue weighted by molar-refractivity contribution is -0.122. The Balaban J connectivity index is 1.67. The predicted molar refractivity (Wildman–Crippen MR) is 85.8 cm³/mol. The number of nitrogens with one attached hydrogen (secondary N) is 1. The minimum Gasteiger partial charge on any atom is -0.345 e. The van der Waals surface area contributed by atoms with Gasteiger partial charge >= 0.3 is 0 Å². The van der Waals surface area contributed by atoms with Crippen molar-refractivity contribution >= 4 is 5.91 Å². The molecule has 124 valence electrons. The van der Waals surface area contributed by atoms with Gasteiger partial charge in [0.1, 0.15) is 12.4 Å². The van der Waals surface area contributed by atoms with Crippen molar-refractivity contribution in [2.45, 2.75) is 65.6 Å². The van der Waals surface area contributed by atoms with Crippen molar-refractivity contribution < 1.29 is 4.79 Å². The first kappa shape index (κ1) is 15.7. The van der Waals surface area contributed by atoms with Crippen LogP contribution in [0.3, 0.4) is 0 Å². The van der Waals surface area contributed by atoms with Crippen molar-refractivity contribution in [3.63, 3.8) is 0 Å². The molecule has 7 heteroatoms. The van der Waals surface area contributed by atoms with Gasteiger partial charge in [0.15, 0.2) is 5.82 Å². The van der Waals surface area contributed by atoms with E-state index in [1.165, 1.54) is 6.42 Å². The van der Waals surface area contributed by atoms with Crippen LogP contribution in [-0.2, 0) is 24.3 Å². The molecule has 0 aromatic carbocycles. The van der Waals surface area contributed by atoms with Crippen molar-refractivity contribution in [2.75, 3.05) is 0 Å². The van der Waals surface area contributed by atoms with Gasteiger partial charge in [-0.15, -0.1) is 10.2 Å². The molecule has 1 atom stereocenters. The highest BCUT2D eigenvalue weighted by atomic mass is 16.2. The summed E-state index contributed by atoms with van der Waals surface area (Å²) in [5, 5.41) is 15.9. The van der Waals surface area contributed by atoms with Gasteiger partial charge in [-0.3, -0.25) is 9.48 Å². The van der Waals surface area contributed by atoms with Gasteiger partial charge in [-0.05, 0) is 39.7 Å². The molecule has 1 aliphatic rings. The summed E-state index contributed by atoms with van der Waals surface area (Å²) >= 11 is 0. The molecule has 1 amide bonds. The standard InChI is InChI=1S/C16H24N6O/c1-11-9-12(2)22(20-11)10-15(23)17-13(3)16-19-18-14-7-5-4-6-8-21(14)16/h9,13H,4-8,10H2,1-3H3,(H,17,23)/t13-/m1/s1. The van der Waals surface area contributed by atoms with Crippen molar-refractivity contribution in [2.24, 2.45) is 0 Å². The SMILES string of the molecule is Cc1cc(C)n(CC(=O)N[C@H](C)c2nnc3n2CCCCC3)n1. The molecule has 0 saturated heterocycles. The lowest BCUT2D eigenvalue weighted by Gasteiger charge is -2.15. The number of aryl methyl sites for hydroxylation is 3. The van der Waals surface area contributed by atoms with E-state index in [0.717, 1.165) is 48.8 Å². The second-order valence-electron chi connectivity index (χ2n) is 6.31. The highest BCUT2D eigenvalue weighted by Crippen LogP contribution is 2.18. The van der Waals surface area contributed by atoms with Crippen LogP contribution < -0.4 is 5.32 Å². The maximum Gasteiger partial charge on any atom is 0.242 e. The number of aromatic nitrogens is 5. The fourth-order valence-corrected chi connectivity index (χ4v) is 3.15. The third kappa shape index (κ3) is 3.43. The number of nitrogens with zero attached hydrogens (tertiary/aromatic N) is 5. The molecule has 0 radical (unpaired) electrons. The van der Waals surface area contributed by atoms with Crippen LogP contribution in [0.2, 0.25) is 0 Å². The van der Waals surface area contributed by atoms with Crippen molar-refractivity contribution in [1.82, 2.24) is 29.9 Å². The Morgan fingerprint density at radius 2 is 2.13 bits per heavy atom. The fraction of sp³-hybridized carbons (Fsp3) is 0.625. The molecule has 23 heavy (non-hydrogen) atoms. The van der Waals surface area contributed by atoms with E-state index in [2.05, 4.69) is 25.2 Å². The molecule has 0 unspecified atom stereocenters. The van der Waals surface area contributed by atoms with Gasteiger partial charge < -0.3 is 9.88 Å². The van der Waals surface area contributed by atoms with Gasteiger partial charge in [0.05, 0.1) is 11.7 Å². The Hall–Kier alpha value is -2.18. The highest BCUT2D eigenvalue weighted by Gasteiger charge is 2.20. The van der Waals surface area contributed by atoms with Crippen molar-refractivity contribution in [3.05, 3.63) is 29.1 Å². The maximum absolute atomic E-state index is 12.3. The molecule has 2 aromatic heterocycles. The van der Waals surface area contributed by atoms with Crippen molar-refractivity contribution in [1.29, 1.82) is 0 Å². The van der Waals surface area contributed by atoms with Crippen LogP contribution in [-0.4, -0.2) is 30.5 Å². The first-order valence-corrected chi connectivity index (χ1v) is 8.27. The zero-order valence-electron chi connectivity index (χ0n) is 14.0. The molecule has 0 saturated carbocycles. The third-order valence-corrected chi connectivity index (χ3v) is 4.30. The number of carbonyl (C=O) groups excluding carboxylic acids is 1. The largest absolute Gasteiger partial charge is 0.345 e. The van der Waals surface area contributed by atoms with Gasteiger partial charge in [0, 0.05) is 18.7 Å². The number of carbonyl (C=O) groups is 1. The minimum absolute atomic E-state index is 0.0605. The van der Waals surface area contributed by atoms with E-state index in [9.17, 15) is 4.79 Å². The summed E-state index contributed by atoms with van der Waals surface area (Å²) in [6.45, 7) is 7.01. The lowest BCUT2D eigenvalue weighted by atomic mass is 10.2. The van der Waals surface area contributed by atoms with E-state index < -0.39 is 0 Å². The van der Waals surface area contributed by atoms with Gasteiger partial charge in [-0.1, -0.05) is 6.42 Å². The summed E-state index contributed by atoms with van der Waals surface area (Å²) in [5.41, 5.74) is 1.91. The number of amides is 1. The Kier molecular flexibility index (Phi) is 4.45. The van der Waals surface area contributed by atoms with Crippen LogP contribution in [0.4, 0.5) is 0 Å². The Bertz CT molecular complexity index is 701. The van der Waals surface area contributed by atoms with E-state index in [0.29, 0.717) is 0 Å². The quantitative estimate of drug-likeness (QED) is 0.931. The van der Waals surface area contributed by atoms with Gasteiger partial charge in [0.2, 0.25) is 5.91 Å². The number of fused-ring (bicyclic) bond motifs is 1. The number of rotatable bonds is 4. The van der Waals surface area contributed by atoms with Gasteiger partial charge in [0.25, 0.3) is 0 Å². The summed E-state index contributed by atoms with van der Waals surface area (Å²) in [5.74, 6) is 1.83. The first-order valence-electron chi connectivity index (χ1n) is 8.27. The smallest absolute Gasteiger partial charge is 0.242 e. The second kappa shape index (κ2) is 6.52. The Morgan fingerprint density at radius 1 is 1.30 bits per heavy atom. The van der Waals surface area contributed by atoms with E-state index in [4.69, 9.17) is 0 Å². The summed E-state index contributed by atoms with van der Waals surface area (Å²) in [6.07, 6.45) is 4.50. The van der Waals surface area contributed by atoms with Gasteiger partial charge in [-0.25, -0.2) is 0 Å². The molecule has 3 heterocycles. The zero-order valence-corrected chi connectivity index (χ0v) is 14.0. The average molecular weight is 316 g/mol. The van der Waals surface area contributed by atoms with Gasteiger partial charge in [-0.2, -0.15) is 5.10 Å². The molecule has 3 rings (SSSR count). The van der Waals surface area contributed by atoms with Crippen LogP contribution >= 0.6 is 0 Å². The highest BCUT2D eigenvalue weighted by molar-refractivity contribution is 5.76. The van der Waals surface area contributed by atoms with E-state index in [1.54, 1.807) is 4.68 Å². The summed E-state index contributed by atoms with van der Waals surface area (Å²) in [4.78, 5) is 12.3. The summed E-state index contributed by atoms with van der Waals surface area (Å²) < 4.78 is 3.89. The monoisotopic (exact) mass is 316 g/mol. The lowest BCUT2D eigenvalue weighted by Crippen LogP contribution is -2.32. The number of hydrogen-bond acceptors (Lipinski definition) is 4. The molecular formula is C16H24N6O. The van der Waals surface area contributed by atoms with Crippen LogP contribution in [0.5, 0.6) is 0 Å². The molecule has 0 spiro atoms. The second-order valence-corrected chi connectivity index (χ2v) is 6.31. The summed E-state index contributed by atoms with van der Waals surface area (Å²) in [7, 11) is 0. The topological polar surface area (TPSA) is 77.6 Å². The normalized spacial score (nSPS) is 15.8. The van der Waals surface area contributed by atoms with E-state index >= 15 is 0 Å². The molecular weight excluding hydrogens is 292 g/mol. The van der Waals surface area contributed by atoms with E-state index in [1.807, 2.05) is 26.8 Å². The third-order valence-electron chi connectivity index (χ3n) is 4.30. The van der Waals surface area contributed by atoms with Crippen LogP contribution in [0.15, 0.2) is 6.07 Å². The van der Waals surface area contributed by atoms with E-state index in [-0.39, 0.29) is 18.5 Å². The van der Waals surface area contributed by atoms with Crippen LogP contribution in [0.1, 0.15) is 55.3 Å².